The van der Waals surface area contributed by atoms with E-state index in [0.29, 0.717) is 11.4 Å². The van der Waals surface area contributed by atoms with Crippen LogP contribution in [0.15, 0.2) is 30.3 Å². The van der Waals surface area contributed by atoms with Gasteiger partial charge in [0.15, 0.2) is 0 Å². The summed E-state index contributed by atoms with van der Waals surface area (Å²) in [5, 5.41) is 5.61. The van der Waals surface area contributed by atoms with Gasteiger partial charge in [-0.3, -0.25) is 5.32 Å². The van der Waals surface area contributed by atoms with Crippen LogP contribution in [0.3, 0.4) is 0 Å². The van der Waals surface area contributed by atoms with Gasteiger partial charge in [0.2, 0.25) is 0 Å². The van der Waals surface area contributed by atoms with Crippen molar-refractivity contribution in [3.63, 3.8) is 0 Å². The molecule has 1 saturated heterocycles. The lowest BCUT2D eigenvalue weighted by molar-refractivity contribution is 0.652. The van der Waals surface area contributed by atoms with Gasteiger partial charge in [0.1, 0.15) is 0 Å². The molecule has 1 fully saturated rings. The lowest BCUT2D eigenvalue weighted by atomic mass is 10.1. The standard InChI is InChI=1S/C10H11NS2/c12-6-10-11-9(7-13-10)8-4-2-1-3-5-8/h1-6,9-11H,7H2. The first-order valence-electron chi connectivity index (χ1n) is 4.28. The molecule has 1 aliphatic rings. The second-order valence-electron chi connectivity index (χ2n) is 3.02. The number of hydrogen-bond acceptors (Lipinski definition) is 3. The Labute approximate surface area is 87.9 Å². The van der Waals surface area contributed by atoms with Gasteiger partial charge in [-0.2, -0.15) is 0 Å². The van der Waals surface area contributed by atoms with Crippen LogP contribution in [0, 0.1) is 0 Å². The minimum atomic E-state index is 0.347. The molecule has 0 aromatic heterocycles. The maximum atomic E-state index is 4.91. The Balaban J connectivity index is 2.08. The molecule has 0 radical (unpaired) electrons. The highest BCUT2D eigenvalue weighted by molar-refractivity contribution is 8.01. The van der Waals surface area contributed by atoms with E-state index in [-0.39, 0.29) is 0 Å². The van der Waals surface area contributed by atoms with Crippen LogP contribution < -0.4 is 5.32 Å². The Kier molecular flexibility index (Phi) is 2.98. The molecule has 0 saturated carbocycles. The second kappa shape index (κ2) is 4.22. The van der Waals surface area contributed by atoms with Crippen LogP contribution in [0.4, 0.5) is 0 Å². The summed E-state index contributed by atoms with van der Waals surface area (Å²) in [5.74, 6) is 1.11. The van der Waals surface area contributed by atoms with Gasteiger partial charge in [0.05, 0.1) is 5.37 Å². The predicted octanol–water partition coefficient (Wildman–Crippen LogP) is 2.39. The van der Waals surface area contributed by atoms with Crippen LogP contribution in [0.1, 0.15) is 11.6 Å². The first-order valence-corrected chi connectivity index (χ1v) is 5.80. The Morgan fingerprint density at radius 1 is 1.38 bits per heavy atom. The van der Waals surface area contributed by atoms with Gasteiger partial charge < -0.3 is 0 Å². The van der Waals surface area contributed by atoms with E-state index in [1.54, 1.807) is 5.37 Å². The third-order valence-corrected chi connectivity index (χ3v) is 3.73. The van der Waals surface area contributed by atoms with Gasteiger partial charge in [0, 0.05) is 17.2 Å². The minimum Gasteiger partial charge on any atom is -0.294 e. The molecular formula is C10H11NS2. The zero-order valence-corrected chi connectivity index (χ0v) is 8.78. The molecule has 2 atom stereocenters. The molecule has 0 amide bonds. The Morgan fingerprint density at radius 2 is 2.15 bits per heavy atom. The molecule has 1 aromatic rings. The Bertz CT molecular complexity index is 286. The summed E-state index contributed by atoms with van der Waals surface area (Å²) in [6, 6.07) is 11.0. The number of rotatable bonds is 2. The van der Waals surface area contributed by atoms with Crippen molar-refractivity contribution in [1.82, 2.24) is 5.32 Å². The quantitative estimate of drug-likeness (QED) is 0.751. The smallest absolute Gasteiger partial charge is 0.0828 e. The fourth-order valence-electron chi connectivity index (χ4n) is 1.45. The molecule has 2 unspecified atom stereocenters. The lowest BCUT2D eigenvalue weighted by Gasteiger charge is -2.10. The fourth-order valence-corrected chi connectivity index (χ4v) is 2.79. The SMILES string of the molecule is S=CC1NC(c2ccccc2)CS1. The number of thioether (sulfide) groups is 1. The van der Waals surface area contributed by atoms with E-state index >= 15 is 0 Å². The minimum absolute atomic E-state index is 0.347. The molecule has 0 bridgehead atoms. The molecule has 2 rings (SSSR count). The molecule has 1 heterocycles. The molecule has 68 valence electrons. The average molecular weight is 209 g/mol. The van der Waals surface area contributed by atoms with E-state index in [1.807, 2.05) is 17.8 Å². The normalized spacial score (nSPS) is 27.4. The van der Waals surface area contributed by atoms with Crippen molar-refractivity contribution in [3.8, 4) is 0 Å². The van der Waals surface area contributed by atoms with E-state index < -0.39 is 0 Å². The third kappa shape index (κ3) is 2.10. The maximum absolute atomic E-state index is 4.91. The van der Waals surface area contributed by atoms with Gasteiger partial charge in [-0.05, 0) is 5.56 Å². The van der Waals surface area contributed by atoms with E-state index in [1.165, 1.54) is 5.56 Å². The van der Waals surface area contributed by atoms with Gasteiger partial charge in [0.25, 0.3) is 0 Å². The molecule has 1 nitrogen and oxygen atoms in total. The Hall–Kier alpha value is -0.380. The average Bonchev–Trinajstić information content (AvgIpc) is 2.67. The zero-order chi connectivity index (χ0) is 9.10. The third-order valence-electron chi connectivity index (χ3n) is 2.13. The fraction of sp³-hybridized carbons (Fsp3) is 0.300. The highest BCUT2D eigenvalue weighted by atomic mass is 32.2. The molecular weight excluding hydrogens is 198 g/mol. The Morgan fingerprint density at radius 3 is 2.77 bits per heavy atom. The topological polar surface area (TPSA) is 12.0 Å². The lowest BCUT2D eigenvalue weighted by Crippen LogP contribution is -2.23. The van der Waals surface area contributed by atoms with Crippen LogP contribution >= 0.6 is 24.0 Å². The number of benzene rings is 1. The second-order valence-corrected chi connectivity index (χ2v) is 4.47. The number of thiocarbonyl (C=S) groups is 1. The van der Waals surface area contributed by atoms with Gasteiger partial charge in [-0.1, -0.05) is 42.5 Å². The van der Waals surface area contributed by atoms with Crippen molar-refractivity contribution in [2.75, 3.05) is 5.75 Å². The van der Waals surface area contributed by atoms with Crippen LogP contribution in [0.5, 0.6) is 0 Å². The molecule has 0 spiro atoms. The first-order chi connectivity index (χ1) is 6.40. The van der Waals surface area contributed by atoms with E-state index in [9.17, 15) is 0 Å². The van der Waals surface area contributed by atoms with Crippen LogP contribution in [-0.2, 0) is 0 Å². The molecule has 3 heteroatoms. The highest BCUT2D eigenvalue weighted by Gasteiger charge is 2.23. The van der Waals surface area contributed by atoms with Crippen molar-refractivity contribution in [2.45, 2.75) is 11.4 Å². The summed E-state index contributed by atoms with van der Waals surface area (Å²) >= 11 is 6.78. The predicted molar refractivity (Wildman–Crippen MR) is 62.2 cm³/mol. The number of hydrogen-bond donors (Lipinski definition) is 1. The van der Waals surface area contributed by atoms with Crippen molar-refractivity contribution in [3.05, 3.63) is 35.9 Å². The molecule has 13 heavy (non-hydrogen) atoms. The van der Waals surface area contributed by atoms with Gasteiger partial charge >= 0.3 is 0 Å². The molecule has 0 aliphatic carbocycles. The van der Waals surface area contributed by atoms with E-state index in [4.69, 9.17) is 12.2 Å². The molecule has 1 N–H and O–H groups in total. The van der Waals surface area contributed by atoms with E-state index in [0.717, 1.165) is 5.75 Å². The summed E-state index contributed by atoms with van der Waals surface area (Å²) in [4.78, 5) is 0. The molecule has 1 aliphatic heterocycles. The van der Waals surface area contributed by atoms with Crippen molar-refractivity contribution >= 4 is 29.3 Å². The van der Waals surface area contributed by atoms with Gasteiger partial charge in [-0.15, -0.1) is 11.8 Å². The van der Waals surface area contributed by atoms with E-state index in [2.05, 4.69) is 29.6 Å². The van der Waals surface area contributed by atoms with Crippen LogP contribution in [0.2, 0.25) is 0 Å². The van der Waals surface area contributed by atoms with Crippen LogP contribution in [0.25, 0.3) is 0 Å². The zero-order valence-electron chi connectivity index (χ0n) is 7.14. The highest BCUT2D eigenvalue weighted by Crippen LogP contribution is 2.27. The largest absolute Gasteiger partial charge is 0.294 e. The summed E-state index contributed by atoms with van der Waals surface area (Å²) < 4.78 is 0. The molecule has 1 aromatic carbocycles. The van der Waals surface area contributed by atoms with Crippen molar-refractivity contribution < 1.29 is 0 Å². The summed E-state index contributed by atoms with van der Waals surface area (Å²) in [6.07, 6.45) is 0. The van der Waals surface area contributed by atoms with Crippen LogP contribution in [-0.4, -0.2) is 16.5 Å². The summed E-state index contributed by atoms with van der Waals surface area (Å²) in [6.45, 7) is 0. The summed E-state index contributed by atoms with van der Waals surface area (Å²) in [5.41, 5.74) is 1.36. The summed E-state index contributed by atoms with van der Waals surface area (Å²) in [7, 11) is 0. The first kappa shape index (κ1) is 9.19. The van der Waals surface area contributed by atoms with Crippen molar-refractivity contribution in [2.24, 2.45) is 0 Å². The van der Waals surface area contributed by atoms with Crippen molar-refractivity contribution in [1.29, 1.82) is 0 Å². The number of nitrogens with one attached hydrogen (secondary N) is 1. The monoisotopic (exact) mass is 209 g/mol. The maximum Gasteiger partial charge on any atom is 0.0828 e. The van der Waals surface area contributed by atoms with Gasteiger partial charge in [-0.25, -0.2) is 0 Å².